The zero-order chi connectivity index (χ0) is 50.1. The van der Waals surface area contributed by atoms with Crippen molar-refractivity contribution in [2.45, 2.75) is 50.2 Å². The SMILES string of the molecule is O=C(Nc1ccc(C(F)(F)F)cn1)N1CC=C(c2ncc(C[C@@H](O)CO)cc2F)CC1.O=C(Nc1ccc(C(F)(F)F)cn1)Oc1ccccc1.OC[C@H](O)Cc1cnc(C2=CCNCC2)c(F)c1. The van der Waals surface area contributed by atoms with E-state index in [0.29, 0.717) is 47.0 Å². The molecule has 2 atom stereocenters. The molecule has 7 rings (SSSR count). The maximum absolute atomic E-state index is 14.4. The summed E-state index contributed by atoms with van der Waals surface area (Å²) in [5, 5.41) is 44.2. The first-order valence-electron chi connectivity index (χ1n) is 21.0. The van der Waals surface area contributed by atoms with Crippen molar-refractivity contribution in [3.05, 3.63) is 149 Å². The van der Waals surface area contributed by atoms with E-state index in [4.69, 9.17) is 14.9 Å². The second kappa shape index (κ2) is 24.9. The number of rotatable bonds is 11. The molecule has 0 spiro atoms. The topological polar surface area (TPSA) is 215 Å². The maximum atomic E-state index is 14.4. The van der Waals surface area contributed by atoms with Crippen molar-refractivity contribution in [1.29, 1.82) is 0 Å². The number of nitrogens with zero attached hydrogens (tertiary/aromatic N) is 5. The molecule has 0 saturated carbocycles. The van der Waals surface area contributed by atoms with Gasteiger partial charge in [-0.15, -0.1) is 0 Å². The van der Waals surface area contributed by atoms with Crippen molar-refractivity contribution < 1.29 is 69.9 Å². The van der Waals surface area contributed by atoms with E-state index in [0.717, 1.165) is 49.3 Å². The van der Waals surface area contributed by atoms with Crippen LogP contribution in [0.15, 0.2) is 104 Å². The van der Waals surface area contributed by atoms with Crippen LogP contribution in [0.2, 0.25) is 0 Å². The summed E-state index contributed by atoms with van der Waals surface area (Å²) in [6.45, 7) is 1.21. The van der Waals surface area contributed by atoms with Crippen LogP contribution < -0.4 is 20.7 Å². The number of carbonyl (C=O) groups is 2. The summed E-state index contributed by atoms with van der Waals surface area (Å²) >= 11 is 0. The van der Waals surface area contributed by atoms with Crippen molar-refractivity contribution in [1.82, 2.24) is 30.2 Å². The van der Waals surface area contributed by atoms with Crippen molar-refractivity contribution in [3.63, 3.8) is 0 Å². The number of ether oxygens (including phenoxy) is 1. The highest BCUT2D eigenvalue weighted by Crippen LogP contribution is 2.30. The minimum Gasteiger partial charge on any atom is -0.410 e. The van der Waals surface area contributed by atoms with Crippen LogP contribution in [0.1, 0.15) is 46.5 Å². The molecule has 0 fully saturated rings. The summed E-state index contributed by atoms with van der Waals surface area (Å²) in [4.78, 5) is 40.5. The van der Waals surface area contributed by atoms with Gasteiger partial charge in [0.05, 0.1) is 36.5 Å². The molecule has 1 aromatic carbocycles. The Morgan fingerprint density at radius 3 is 1.64 bits per heavy atom. The van der Waals surface area contributed by atoms with Crippen LogP contribution in [0.25, 0.3) is 11.1 Å². The van der Waals surface area contributed by atoms with Gasteiger partial charge in [-0.1, -0.05) is 30.4 Å². The van der Waals surface area contributed by atoms with Gasteiger partial charge in [0.1, 0.15) is 40.4 Å². The minimum atomic E-state index is -4.51. The fourth-order valence-electron chi connectivity index (χ4n) is 6.42. The van der Waals surface area contributed by atoms with E-state index >= 15 is 0 Å². The number of nitrogens with one attached hydrogen (secondary N) is 3. The third-order valence-corrected chi connectivity index (χ3v) is 9.93. The van der Waals surface area contributed by atoms with Crippen LogP contribution in [0.5, 0.6) is 5.75 Å². The van der Waals surface area contributed by atoms with E-state index in [1.807, 2.05) is 6.08 Å². The van der Waals surface area contributed by atoms with Gasteiger partial charge in [0.25, 0.3) is 0 Å². The number of anilines is 2. The lowest BCUT2D eigenvalue weighted by molar-refractivity contribution is -0.138. The Morgan fingerprint density at radius 2 is 1.22 bits per heavy atom. The average molecular weight is 975 g/mol. The fourth-order valence-corrected chi connectivity index (χ4v) is 6.42. The molecule has 368 valence electrons. The number of amides is 3. The monoisotopic (exact) mass is 974 g/mol. The number of aliphatic hydroxyl groups is 4. The van der Waals surface area contributed by atoms with E-state index in [2.05, 4.69) is 35.9 Å². The zero-order valence-corrected chi connectivity index (χ0v) is 36.3. The number of aliphatic hydroxyl groups excluding tert-OH is 4. The lowest BCUT2D eigenvalue weighted by atomic mass is 10.0. The number of hydrogen-bond donors (Lipinski definition) is 7. The molecular weight excluding hydrogens is 929 g/mol. The fraction of sp³-hybridized carbons (Fsp3) is 0.304. The summed E-state index contributed by atoms with van der Waals surface area (Å²) in [7, 11) is 0. The Kier molecular flexibility index (Phi) is 19.1. The zero-order valence-electron chi connectivity index (χ0n) is 36.3. The van der Waals surface area contributed by atoms with E-state index in [1.54, 1.807) is 42.6 Å². The number of alkyl halides is 6. The summed E-state index contributed by atoms with van der Waals surface area (Å²) in [6, 6.07) is 14.1. The first-order valence-corrected chi connectivity index (χ1v) is 21.0. The standard InChI is InChI=1S/C20H20F4N4O3.C13H9F3N2O2.C13H17FN2O2/c21-16-8-12(7-15(30)11-29)9-26-18(16)13-3-5-28(6-4-13)19(31)27-17-2-1-14(10-25-17)20(22,23)24;14-13(15,16)9-6-7-11(17-8-9)18-12(19)20-10-4-2-1-3-5-10;14-12-6-9(5-11(18)8-17)7-16-13(12)10-1-3-15-4-2-10/h1-3,8-10,15,29-30H,4-7,11H2,(H,25,27,31);1-8H,(H,17,18,19);1,6-7,11,15,17-18H,2-5,8H2/t15-;;11-/m1.1/s1. The molecule has 15 nitrogen and oxygen atoms in total. The van der Waals surface area contributed by atoms with Gasteiger partial charge in [0.15, 0.2) is 0 Å². The van der Waals surface area contributed by atoms with Crippen LogP contribution in [-0.4, -0.2) is 109 Å². The van der Waals surface area contributed by atoms with Crippen molar-refractivity contribution >= 4 is 34.9 Å². The average Bonchev–Trinajstić information content (AvgIpc) is 3.32. The van der Waals surface area contributed by atoms with Gasteiger partial charge in [0, 0.05) is 57.3 Å². The number of para-hydroxylation sites is 1. The molecule has 0 radical (unpaired) electrons. The molecule has 0 bridgehead atoms. The second-order valence-electron chi connectivity index (χ2n) is 15.2. The second-order valence-corrected chi connectivity index (χ2v) is 15.2. The summed E-state index contributed by atoms with van der Waals surface area (Å²) in [5.41, 5.74) is 1.30. The maximum Gasteiger partial charge on any atom is 0.418 e. The van der Waals surface area contributed by atoms with Crippen LogP contribution in [-0.2, 0) is 25.2 Å². The van der Waals surface area contributed by atoms with Gasteiger partial charge in [-0.2, -0.15) is 26.3 Å². The summed E-state index contributed by atoms with van der Waals surface area (Å²) in [6.07, 6.45) is -2.43. The van der Waals surface area contributed by atoms with E-state index in [9.17, 15) is 54.9 Å². The lowest BCUT2D eigenvalue weighted by Crippen LogP contribution is -2.38. The van der Waals surface area contributed by atoms with Crippen LogP contribution >= 0.6 is 0 Å². The number of urea groups is 1. The number of pyridine rings is 4. The van der Waals surface area contributed by atoms with Crippen LogP contribution in [0.4, 0.5) is 56.3 Å². The van der Waals surface area contributed by atoms with Gasteiger partial charge >= 0.3 is 24.5 Å². The molecule has 5 aromatic rings. The third-order valence-electron chi connectivity index (χ3n) is 9.93. The van der Waals surface area contributed by atoms with Gasteiger partial charge < -0.3 is 35.4 Å². The van der Waals surface area contributed by atoms with Crippen LogP contribution in [0, 0.1) is 11.6 Å². The highest BCUT2D eigenvalue weighted by Gasteiger charge is 2.32. The molecule has 7 N–H and O–H groups in total. The van der Waals surface area contributed by atoms with Gasteiger partial charge in [0.2, 0.25) is 0 Å². The predicted molar refractivity (Wildman–Crippen MR) is 235 cm³/mol. The number of benzene rings is 1. The molecule has 4 aromatic heterocycles. The predicted octanol–water partition coefficient (Wildman–Crippen LogP) is 7.06. The quantitative estimate of drug-likeness (QED) is 0.0663. The highest BCUT2D eigenvalue weighted by molar-refractivity contribution is 5.89. The largest absolute Gasteiger partial charge is 0.418 e. The van der Waals surface area contributed by atoms with E-state index < -0.39 is 60.2 Å². The molecule has 69 heavy (non-hydrogen) atoms. The van der Waals surface area contributed by atoms with Gasteiger partial charge in [-0.25, -0.2) is 28.3 Å². The first kappa shape index (κ1) is 53.0. The first-order chi connectivity index (χ1) is 32.8. The lowest BCUT2D eigenvalue weighted by Gasteiger charge is -2.26. The normalized spacial score (nSPS) is 14.6. The summed E-state index contributed by atoms with van der Waals surface area (Å²) in [5.74, 6) is -0.663. The van der Waals surface area contributed by atoms with Gasteiger partial charge in [-0.3, -0.25) is 20.6 Å². The Bertz CT molecular complexity index is 2530. The van der Waals surface area contributed by atoms with E-state index in [1.165, 1.54) is 23.2 Å². The molecule has 0 saturated heterocycles. The third kappa shape index (κ3) is 16.7. The molecule has 23 heteroatoms. The highest BCUT2D eigenvalue weighted by atomic mass is 19.4. The smallest absolute Gasteiger partial charge is 0.410 e. The number of halogens is 8. The van der Waals surface area contributed by atoms with Gasteiger partial charge in [-0.05, 0) is 90.2 Å². The van der Waals surface area contributed by atoms with Crippen molar-refractivity contribution in [2.75, 3.05) is 50.0 Å². The molecular formula is C46H46F8N8O7. The Morgan fingerprint density at radius 1 is 0.696 bits per heavy atom. The summed E-state index contributed by atoms with van der Waals surface area (Å²) < 4.78 is 108. The Hall–Kier alpha value is -6.92. The number of hydrogen-bond acceptors (Lipinski definition) is 12. The van der Waals surface area contributed by atoms with E-state index in [-0.39, 0.29) is 55.7 Å². The molecule has 2 aliphatic rings. The number of aromatic nitrogens is 4. The molecule has 0 unspecified atom stereocenters. The molecule has 6 heterocycles. The number of carbonyl (C=O) groups excluding carboxylic acids is 2. The molecule has 0 aliphatic carbocycles. The Balaban J connectivity index is 0.000000203. The van der Waals surface area contributed by atoms with Crippen molar-refractivity contribution in [2.24, 2.45) is 0 Å². The Labute approximate surface area is 389 Å². The minimum absolute atomic E-state index is 0.0128. The van der Waals surface area contributed by atoms with Crippen LogP contribution in [0.3, 0.4) is 0 Å². The molecule has 3 amide bonds. The molecule has 2 aliphatic heterocycles. The van der Waals surface area contributed by atoms with Crippen molar-refractivity contribution in [3.8, 4) is 5.75 Å².